The van der Waals surface area contributed by atoms with Crippen LogP contribution in [-0.2, 0) is 16.1 Å². The Balaban J connectivity index is 1.23. The molecule has 5 rings (SSSR count). The predicted octanol–water partition coefficient (Wildman–Crippen LogP) is 4.40. The molecular formula is C23H21N3O3S. The molecule has 1 N–H and O–H groups in total. The lowest BCUT2D eigenvalue weighted by atomic mass is 10.2. The first-order valence-electron chi connectivity index (χ1n) is 9.88. The number of ether oxygens (including phenoxy) is 1. The third kappa shape index (κ3) is 4.14. The fourth-order valence-electron chi connectivity index (χ4n) is 3.58. The summed E-state index contributed by atoms with van der Waals surface area (Å²) in [5, 5.41) is 6.35. The topological polar surface area (TPSA) is 67.6 Å². The van der Waals surface area contributed by atoms with Crippen LogP contribution in [-0.4, -0.2) is 41.6 Å². The van der Waals surface area contributed by atoms with E-state index in [0.29, 0.717) is 29.7 Å². The first-order valence-corrected chi connectivity index (χ1v) is 10.8. The van der Waals surface area contributed by atoms with Gasteiger partial charge in [-0.25, -0.2) is 4.98 Å². The highest BCUT2D eigenvalue weighted by molar-refractivity contribution is 7.14. The van der Waals surface area contributed by atoms with Crippen LogP contribution in [0.15, 0.2) is 70.5 Å². The second kappa shape index (κ2) is 8.39. The smallest absolute Gasteiger partial charge is 0.256 e. The Bertz CT molecular complexity index is 1120. The lowest BCUT2D eigenvalue weighted by molar-refractivity contribution is -0.133. The van der Waals surface area contributed by atoms with Crippen molar-refractivity contribution in [3.05, 3.63) is 71.6 Å². The minimum Gasteiger partial charge on any atom is -0.454 e. The summed E-state index contributed by atoms with van der Waals surface area (Å²) in [7, 11) is 0. The third-order valence-corrected chi connectivity index (χ3v) is 5.86. The highest BCUT2D eigenvalue weighted by atomic mass is 32.1. The maximum atomic E-state index is 12.7. The summed E-state index contributed by atoms with van der Waals surface area (Å²) in [5.41, 5.74) is 2.76. The molecule has 4 aromatic rings. The molecule has 0 spiro atoms. The Morgan fingerprint density at radius 3 is 2.87 bits per heavy atom. The van der Waals surface area contributed by atoms with Crippen molar-refractivity contribution in [3.63, 3.8) is 0 Å². The number of hydrogen-bond donors (Lipinski definition) is 1. The molecule has 2 aromatic heterocycles. The fraction of sp³-hybridized carbons (Fsp3) is 0.217. The maximum Gasteiger partial charge on any atom is 0.256 e. The largest absolute Gasteiger partial charge is 0.454 e. The van der Waals surface area contributed by atoms with E-state index in [4.69, 9.17) is 9.15 Å². The van der Waals surface area contributed by atoms with Crippen molar-refractivity contribution in [2.24, 2.45) is 0 Å². The minimum absolute atomic E-state index is 0.168. The zero-order valence-corrected chi connectivity index (χ0v) is 17.1. The van der Waals surface area contributed by atoms with Gasteiger partial charge in [0.25, 0.3) is 5.91 Å². The Hall–Kier alpha value is -3.00. The Morgan fingerprint density at radius 1 is 1.17 bits per heavy atom. The number of carbonyl (C=O) groups excluding carboxylic acids is 1. The zero-order valence-electron chi connectivity index (χ0n) is 16.3. The number of nitrogens with one attached hydrogen (secondary N) is 1. The number of carbonyl (C=O) groups is 1. The van der Waals surface area contributed by atoms with Crippen LogP contribution in [0.4, 0.5) is 5.13 Å². The van der Waals surface area contributed by atoms with E-state index in [1.54, 1.807) is 0 Å². The van der Waals surface area contributed by atoms with Gasteiger partial charge in [-0.1, -0.05) is 48.5 Å². The molecule has 2 aromatic carbocycles. The molecule has 30 heavy (non-hydrogen) atoms. The first-order chi connectivity index (χ1) is 14.7. The highest BCUT2D eigenvalue weighted by Gasteiger charge is 2.27. The number of aromatic nitrogens is 1. The monoisotopic (exact) mass is 419 g/mol. The maximum absolute atomic E-state index is 12.7. The van der Waals surface area contributed by atoms with Crippen LogP contribution in [0.1, 0.15) is 5.56 Å². The highest BCUT2D eigenvalue weighted by Crippen LogP contribution is 2.30. The van der Waals surface area contributed by atoms with Crippen LogP contribution >= 0.6 is 11.3 Å². The normalized spacial score (nSPS) is 17.3. The molecule has 1 aliphatic rings. The van der Waals surface area contributed by atoms with E-state index in [9.17, 15) is 4.79 Å². The number of thiazole rings is 1. The molecule has 7 heteroatoms. The standard InChI is InChI=1S/C23H21N3O3S/c27-22(21-14-26(10-11-28-21)13-16-6-2-1-3-7-16)25-23-24-18(15-30-23)20-12-17-8-4-5-9-19(17)29-20/h1-9,12,15,21H,10-11,13-14H2,(H,24,25,27). The molecule has 1 amide bonds. The summed E-state index contributed by atoms with van der Waals surface area (Å²) in [5.74, 6) is 0.522. The number of para-hydroxylation sites is 1. The average molecular weight is 420 g/mol. The van der Waals surface area contributed by atoms with Gasteiger partial charge < -0.3 is 9.15 Å². The van der Waals surface area contributed by atoms with E-state index in [1.165, 1.54) is 16.9 Å². The molecule has 0 bridgehead atoms. The van der Waals surface area contributed by atoms with Gasteiger partial charge in [0, 0.05) is 30.4 Å². The van der Waals surface area contributed by atoms with Crippen molar-refractivity contribution >= 4 is 33.3 Å². The van der Waals surface area contributed by atoms with E-state index >= 15 is 0 Å². The summed E-state index contributed by atoms with van der Waals surface area (Å²) in [6.45, 7) is 2.71. The second-order valence-electron chi connectivity index (χ2n) is 7.26. The van der Waals surface area contributed by atoms with Crippen molar-refractivity contribution in [1.82, 2.24) is 9.88 Å². The van der Waals surface area contributed by atoms with Crippen molar-refractivity contribution in [2.75, 3.05) is 25.0 Å². The van der Waals surface area contributed by atoms with Gasteiger partial charge in [0.05, 0.1) is 6.61 Å². The number of fused-ring (bicyclic) bond motifs is 1. The first kappa shape index (κ1) is 19.0. The lowest BCUT2D eigenvalue weighted by Gasteiger charge is -2.31. The molecule has 0 saturated carbocycles. The number of benzene rings is 2. The summed E-state index contributed by atoms with van der Waals surface area (Å²) < 4.78 is 11.6. The summed E-state index contributed by atoms with van der Waals surface area (Å²) in [6, 6.07) is 20.1. The van der Waals surface area contributed by atoms with Crippen LogP contribution in [0.3, 0.4) is 0 Å². The second-order valence-corrected chi connectivity index (χ2v) is 8.11. The van der Waals surface area contributed by atoms with Crippen molar-refractivity contribution in [2.45, 2.75) is 12.6 Å². The Labute approximate surface area is 178 Å². The Kier molecular flexibility index (Phi) is 5.31. The average Bonchev–Trinajstić information content (AvgIpc) is 3.41. The van der Waals surface area contributed by atoms with Crippen LogP contribution in [0.25, 0.3) is 22.4 Å². The molecule has 0 aliphatic carbocycles. The van der Waals surface area contributed by atoms with E-state index in [-0.39, 0.29) is 5.91 Å². The molecule has 1 aliphatic heterocycles. The minimum atomic E-state index is -0.513. The van der Waals surface area contributed by atoms with Crippen LogP contribution in [0.2, 0.25) is 0 Å². The van der Waals surface area contributed by atoms with E-state index in [2.05, 4.69) is 27.3 Å². The van der Waals surface area contributed by atoms with Gasteiger partial charge in [0.1, 0.15) is 17.4 Å². The number of furan rings is 1. The van der Waals surface area contributed by atoms with Gasteiger partial charge in [-0.15, -0.1) is 11.3 Å². The zero-order chi connectivity index (χ0) is 20.3. The van der Waals surface area contributed by atoms with Crippen molar-refractivity contribution in [1.29, 1.82) is 0 Å². The van der Waals surface area contributed by atoms with Crippen LogP contribution in [0, 0.1) is 0 Å². The fourth-order valence-corrected chi connectivity index (χ4v) is 4.29. The van der Waals surface area contributed by atoms with Crippen LogP contribution < -0.4 is 5.32 Å². The molecule has 3 heterocycles. The Morgan fingerprint density at radius 2 is 2.00 bits per heavy atom. The van der Waals surface area contributed by atoms with E-state index in [0.717, 1.165) is 24.1 Å². The molecule has 152 valence electrons. The SMILES string of the molecule is O=C(Nc1nc(-c2cc3ccccc3o2)cs1)C1CN(Cc2ccccc2)CCO1. The molecule has 1 atom stereocenters. The van der Waals surface area contributed by atoms with Gasteiger partial charge in [-0.3, -0.25) is 15.0 Å². The quantitative estimate of drug-likeness (QED) is 0.519. The van der Waals surface area contributed by atoms with Gasteiger partial charge in [0.15, 0.2) is 10.9 Å². The summed E-state index contributed by atoms with van der Waals surface area (Å²) >= 11 is 1.38. The van der Waals surface area contributed by atoms with Gasteiger partial charge in [-0.05, 0) is 17.7 Å². The molecule has 1 fully saturated rings. The molecular weight excluding hydrogens is 398 g/mol. The summed E-state index contributed by atoms with van der Waals surface area (Å²) in [4.78, 5) is 19.5. The van der Waals surface area contributed by atoms with Crippen LogP contribution in [0.5, 0.6) is 0 Å². The lowest BCUT2D eigenvalue weighted by Crippen LogP contribution is -2.47. The molecule has 1 saturated heterocycles. The molecule has 6 nitrogen and oxygen atoms in total. The van der Waals surface area contributed by atoms with Gasteiger partial charge in [-0.2, -0.15) is 0 Å². The third-order valence-electron chi connectivity index (χ3n) is 5.10. The van der Waals surface area contributed by atoms with Gasteiger partial charge >= 0.3 is 0 Å². The number of hydrogen-bond acceptors (Lipinski definition) is 6. The van der Waals surface area contributed by atoms with Crippen molar-refractivity contribution < 1.29 is 13.9 Å². The molecule has 1 unspecified atom stereocenters. The van der Waals surface area contributed by atoms with E-state index < -0.39 is 6.10 Å². The number of nitrogens with zero attached hydrogens (tertiary/aromatic N) is 2. The number of rotatable bonds is 5. The summed E-state index contributed by atoms with van der Waals surface area (Å²) in [6.07, 6.45) is -0.513. The number of morpholine rings is 1. The van der Waals surface area contributed by atoms with Crippen molar-refractivity contribution in [3.8, 4) is 11.5 Å². The number of amides is 1. The molecule has 0 radical (unpaired) electrons. The van der Waals surface area contributed by atoms with Gasteiger partial charge in [0.2, 0.25) is 0 Å². The van der Waals surface area contributed by atoms with E-state index in [1.807, 2.05) is 53.9 Å². The predicted molar refractivity (Wildman–Crippen MR) is 117 cm³/mol. The number of anilines is 1.